The van der Waals surface area contributed by atoms with Gasteiger partial charge >= 0.3 is 0 Å². The van der Waals surface area contributed by atoms with E-state index < -0.39 is 0 Å². The second kappa shape index (κ2) is 6.26. The maximum atomic E-state index is 8.88. The monoisotopic (exact) mass is 265 g/mol. The van der Waals surface area contributed by atoms with Gasteiger partial charge in [-0.25, -0.2) is 0 Å². The predicted octanol–water partition coefficient (Wildman–Crippen LogP) is 4.02. The minimum atomic E-state index is 0.691. The number of hydrogen-bond acceptors (Lipinski definition) is 2. The van der Waals surface area contributed by atoms with Crippen LogP contribution in [0.2, 0.25) is 0 Å². The Balaban J connectivity index is 2.06. The number of aryl methyl sites for hydroxylation is 1. The largest absolute Gasteiger partial charge is 0.192 e. The van der Waals surface area contributed by atoms with Crippen LogP contribution in [0.25, 0.3) is 0 Å². The Morgan fingerprint density at radius 2 is 1.89 bits per heavy atom. The van der Waals surface area contributed by atoms with E-state index in [0.29, 0.717) is 5.56 Å². The Morgan fingerprint density at radius 3 is 2.63 bits per heavy atom. The summed E-state index contributed by atoms with van der Waals surface area (Å²) in [5, 5.41) is 8.88. The summed E-state index contributed by atoms with van der Waals surface area (Å²) in [6.45, 7) is 2.11. The fraction of sp³-hybridized carbons (Fsp3) is 0.176. The molecule has 0 atom stereocenters. The summed E-state index contributed by atoms with van der Waals surface area (Å²) in [6.07, 6.45) is 1.57. The van der Waals surface area contributed by atoms with E-state index in [2.05, 4.69) is 25.1 Å². The Labute approximate surface area is 119 Å². The second-order valence-corrected chi connectivity index (χ2v) is 5.21. The van der Waals surface area contributed by atoms with Crippen molar-refractivity contribution < 1.29 is 0 Å². The lowest BCUT2D eigenvalue weighted by molar-refractivity contribution is 1.21. The van der Waals surface area contributed by atoms with Gasteiger partial charge in [-0.05, 0) is 35.7 Å². The quantitative estimate of drug-likeness (QED) is 0.780. The highest BCUT2D eigenvalue weighted by atomic mass is 32.1. The molecule has 2 aromatic rings. The lowest BCUT2D eigenvalue weighted by atomic mass is 10.00. The summed E-state index contributed by atoms with van der Waals surface area (Å²) < 4.78 is 0. The molecule has 0 aromatic heterocycles. The first kappa shape index (κ1) is 13.5. The Kier molecular flexibility index (Phi) is 4.43. The van der Waals surface area contributed by atoms with Gasteiger partial charge in [0, 0.05) is 17.7 Å². The molecule has 0 aliphatic rings. The molecule has 0 N–H and O–H groups in total. The molecule has 0 spiro atoms. The lowest BCUT2D eigenvalue weighted by Crippen LogP contribution is -2.05. The number of thiocarbonyl (C=S) groups is 1. The fourth-order valence-corrected chi connectivity index (χ4v) is 2.38. The summed E-state index contributed by atoms with van der Waals surface area (Å²) >= 11 is 5.47. The molecule has 0 aliphatic heterocycles. The first-order chi connectivity index (χ1) is 9.19. The predicted molar refractivity (Wildman–Crippen MR) is 82.3 cm³/mol. The number of benzene rings is 2. The van der Waals surface area contributed by atoms with E-state index in [9.17, 15) is 0 Å². The average Bonchev–Trinajstić information content (AvgIpc) is 2.41. The van der Waals surface area contributed by atoms with Crippen molar-refractivity contribution in [3.05, 3.63) is 70.8 Å². The molecule has 94 valence electrons. The van der Waals surface area contributed by atoms with Gasteiger partial charge in [-0.2, -0.15) is 5.26 Å². The van der Waals surface area contributed by atoms with Crippen molar-refractivity contribution in [3.8, 4) is 6.07 Å². The maximum Gasteiger partial charge on any atom is 0.0991 e. The van der Waals surface area contributed by atoms with Gasteiger partial charge in [0.15, 0.2) is 0 Å². The smallest absolute Gasteiger partial charge is 0.0991 e. The molecule has 0 unspecified atom stereocenters. The number of nitrogens with zero attached hydrogens (tertiary/aromatic N) is 1. The average molecular weight is 265 g/mol. The van der Waals surface area contributed by atoms with Gasteiger partial charge in [-0.15, -0.1) is 0 Å². The molecule has 19 heavy (non-hydrogen) atoms. The Morgan fingerprint density at radius 1 is 1.11 bits per heavy atom. The van der Waals surface area contributed by atoms with Gasteiger partial charge in [0.25, 0.3) is 0 Å². The number of rotatable bonds is 4. The van der Waals surface area contributed by atoms with Crippen LogP contribution in [0, 0.1) is 18.3 Å². The summed E-state index contributed by atoms with van der Waals surface area (Å²) in [6, 6.07) is 18.1. The van der Waals surface area contributed by atoms with Crippen LogP contribution in [0.15, 0.2) is 48.5 Å². The summed E-state index contributed by atoms with van der Waals surface area (Å²) in [7, 11) is 0. The van der Waals surface area contributed by atoms with Crippen molar-refractivity contribution in [2.75, 3.05) is 0 Å². The van der Waals surface area contributed by atoms with Crippen molar-refractivity contribution in [1.29, 1.82) is 5.26 Å². The van der Waals surface area contributed by atoms with E-state index in [-0.39, 0.29) is 0 Å². The first-order valence-electron chi connectivity index (χ1n) is 6.24. The molecule has 0 amide bonds. The zero-order valence-corrected chi connectivity index (χ0v) is 11.7. The van der Waals surface area contributed by atoms with Crippen molar-refractivity contribution in [3.63, 3.8) is 0 Å². The summed E-state index contributed by atoms with van der Waals surface area (Å²) in [5.74, 6) is 0. The van der Waals surface area contributed by atoms with Gasteiger partial charge < -0.3 is 0 Å². The molecule has 0 heterocycles. The van der Waals surface area contributed by atoms with Gasteiger partial charge in [-0.3, -0.25) is 0 Å². The number of hydrogen-bond donors (Lipinski definition) is 0. The standard InChI is InChI=1S/C17H15NS/c1-13-5-2-3-8-16(13)11-17(19)10-14-6-4-7-15(9-14)12-18/h2-9H,10-11H2,1H3. The van der Waals surface area contributed by atoms with Crippen LogP contribution in [0.4, 0.5) is 0 Å². The molecular weight excluding hydrogens is 250 g/mol. The fourth-order valence-electron chi connectivity index (χ4n) is 2.06. The molecule has 0 radical (unpaired) electrons. The molecule has 0 saturated carbocycles. The summed E-state index contributed by atoms with van der Waals surface area (Å²) in [4.78, 5) is 1.00. The van der Waals surface area contributed by atoms with Crippen molar-refractivity contribution in [1.82, 2.24) is 0 Å². The van der Waals surface area contributed by atoms with Crippen LogP contribution >= 0.6 is 12.2 Å². The Bertz CT molecular complexity index is 638. The topological polar surface area (TPSA) is 23.8 Å². The van der Waals surface area contributed by atoms with E-state index in [4.69, 9.17) is 17.5 Å². The molecule has 0 saturated heterocycles. The third-order valence-corrected chi connectivity index (χ3v) is 3.39. The molecule has 0 fully saturated rings. The van der Waals surface area contributed by atoms with E-state index in [1.807, 2.05) is 36.4 Å². The van der Waals surface area contributed by atoms with E-state index in [1.54, 1.807) is 0 Å². The zero-order chi connectivity index (χ0) is 13.7. The van der Waals surface area contributed by atoms with E-state index >= 15 is 0 Å². The molecule has 2 aromatic carbocycles. The van der Waals surface area contributed by atoms with Crippen molar-refractivity contribution in [2.24, 2.45) is 0 Å². The normalized spacial score (nSPS) is 9.89. The van der Waals surface area contributed by atoms with Crippen LogP contribution < -0.4 is 0 Å². The molecule has 0 bridgehead atoms. The van der Waals surface area contributed by atoms with Crippen LogP contribution in [-0.2, 0) is 12.8 Å². The molecule has 0 aliphatic carbocycles. The zero-order valence-electron chi connectivity index (χ0n) is 10.9. The van der Waals surface area contributed by atoms with Crippen molar-refractivity contribution >= 4 is 17.1 Å². The SMILES string of the molecule is Cc1ccccc1CC(=S)Cc1cccc(C#N)c1. The van der Waals surface area contributed by atoms with Gasteiger partial charge in [0.2, 0.25) is 0 Å². The highest BCUT2D eigenvalue weighted by molar-refractivity contribution is 7.80. The minimum Gasteiger partial charge on any atom is -0.192 e. The highest BCUT2D eigenvalue weighted by Crippen LogP contribution is 2.12. The number of nitriles is 1. The lowest BCUT2D eigenvalue weighted by Gasteiger charge is -2.07. The van der Waals surface area contributed by atoms with Crippen LogP contribution in [0.3, 0.4) is 0 Å². The van der Waals surface area contributed by atoms with Gasteiger partial charge in [0.05, 0.1) is 11.6 Å². The molecule has 1 nitrogen and oxygen atoms in total. The molecule has 2 rings (SSSR count). The third-order valence-electron chi connectivity index (χ3n) is 3.11. The second-order valence-electron chi connectivity index (χ2n) is 4.63. The van der Waals surface area contributed by atoms with Crippen LogP contribution in [0.5, 0.6) is 0 Å². The Hall–Kier alpha value is -1.98. The van der Waals surface area contributed by atoms with E-state index in [1.165, 1.54) is 11.1 Å². The first-order valence-corrected chi connectivity index (χ1v) is 6.65. The third kappa shape index (κ3) is 3.74. The van der Waals surface area contributed by atoms with Gasteiger partial charge in [-0.1, -0.05) is 48.6 Å². The van der Waals surface area contributed by atoms with E-state index in [0.717, 1.165) is 23.3 Å². The highest BCUT2D eigenvalue weighted by Gasteiger charge is 2.04. The van der Waals surface area contributed by atoms with Crippen molar-refractivity contribution in [2.45, 2.75) is 19.8 Å². The van der Waals surface area contributed by atoms with Gasteiger partial charge in [0.1, 0.15) is 0 Å². The molecular formula is C17H15NS. The summed E-state index contributed by atoms with van der Waals surface area (Å²) in [5.41, 5.74) is 4.35. The maximum absolute atomic E-state index is 8.88. The van der Waals surface area contributed by atoms with Crippen LogP contribution in [0.1, 0.15) is 22.3 Å². The molecule has 2 heteroatoms. The van der Waals surface area contributed by atoms with Crippen LogP contribution in [-0.4, -0.2) is 4.86 Å². The minimum absolute atomic E-state index is 0.691.